The largest absolute Gasteiger partial charge is 0.472 e. The number of aliphatic hydroxyl groups is 2. The van der Waals surface area contributed by atoms with Crippen LogP contribution in [0.3, 0.4) is 0 Å². The van der Waals surface area contributed by atoms with Gasteiger partial charge in [0, 0.05) is 12.8 Å². The predicted molar refractivity (Wildman–Crippen MR) is 224 cm³/mol. The van der Waals surface area contributed by atoms with Crippen molar-refractivity contribution in [3.8, 4) is 0 Å². The van der Waals surface area contributed by atoms with Gasteiger partial charge in [0.2, 0.25) is 0 Å². The highest BCUT2D eigenvalue weighted by Crippen LogP contribution is 2.43. The third-order valence-corrected chi connectivity index (χ3v) is 10.2. The molecule has 3 N–H and O–H groups in total. The van der Waals surface area contributed by atoms with Crippen LogP contribution in [0.5, 0.6) is 0 Å². The molecule has 11 heteroatoms. The highest BCUT2D eigenvalue weighted by atomic mass is 31.2. The Morgan fingerprint density at radius 1 is 0.545 bits per heavy atom. The van der Waals surface area contributed by atoms with Gasteiger partial charge in [-0.05, 0) is 57.8 Å². The second-order valence-corrected chi connectivity index (χ2v) is 16.2. The van der Waals surface area contributed by atoms with Crippen LogP contribution >= 0.6 is 7.82 Å². The first-order valence-electron chi connectivity index (χ1n) is 21.9. The Morgan fingerprint density at radius 3 is 1.53 bits per heavy atom. The monoisotopic (exact) mass is 801 g/mol. The van der Waals surface area contributed by atoms with E-state index in [0.29, 0.717) is 12.8 Å². The molecule has 0 rings (SSSR count). The van der Waals surface area contributed by atoms with E-state index in [9.17, 15) is 24.2 Å². The molecule has 0 heterocycles. The molecule has 55 heavy (non-hydrogen) atoms. The maximum absolute atomic E-state index is 12.6. The van der Waals surface area contributed by atoms with Gasteiger partial charge in [0.25, 0.3) is 0 Å². The van der Waals surface area contributed by atoms with E-state index < -0.39 is 51.8 Å². The number of unbranched alkanes of at least 4 members (excludes halogenated alkanes) is 21. The molecule has 0 aliphatic rings. The Bertz CT molecular complexity index is 1010. The number of phosphoric acid groups is 1. The van der Waals surface area contributed by atoms with E-state index in [4.69, 9.17) is 19.1 Å². The van der Waals surface area contributed by atoms with Crippen LogP contribution in [0.2, 0.25) is 0 Å². The molecule has 10 nitrogen and oxygen atoms in total. The molecule has 0 aromatic carbocycles. The summed E-state index contributed by atoms with van der Waals surface area (Å²) in [6, 6.07) is 0. The van der Waals surface area contributed by atoms with Crippen molar-refractivity contribution in [3.63, 3.8) is 0 Å². The van der Waals surface area contributed by atoms with Gasteiger partial charge in [0.05, 0.1) is 19.8 Å². The molecule has 0 aliphatic carbocycles. The van der Waals surface area contributed by atoms with Crippen molar-refractivity contribution in [1.29, 1.82) is 0 Å². The lowest BCUT2D eigenvalue weighted by Gasteiger charge is -2.20. The van der Waals surface area contributed by atoms with Crippen LogP contribution in [-0.4, -0.2) is 65.7 Å². The van der Waals surface area contributed by atoms with Crippen LogP contribution in [-0.2, 0) is 32.7 Å². The minimum absolute atomic E-state index is 0.0999. The maximum atomic E-state index is 12.6. The number of esters is 2. The second kappa shape index (κ2) is 40.4. The summed E-state index contributed by atoms with van der Waals surface area (Å²) in [5.74, 6) is -0.988. The maximum Gasteiger partial charge on any atom is 0.472 e. The molecule has 0 saturated carbocycles. The van der Waals surface area contributed by atoms with Crippen molar-refractivity contribution in [2.75, 3.05) is 26.4 Å². The molecule has 1 unspecified atom stereocenters. The topological polar surface area (TPSA) is 149 Å². The quantitative estimate of drug-likeness (QED) is 0.0236. The van der Waals surface area contributed by atoms with E-state index in [0.717, 1.165) is 44.9 Å². The summed E-state index contributed by atoms with van der Waals surface area (Å²) in [6.45, 7) is 2.31. The first-order chi connectivity index (χ1) is 26.7. The predicted octanol–water partition coefficient (Wildman–Crippen LogP) is 11.6. The zero-order valence-corrected chi connectivity index (χ0v) is 35.8. The van der Waals surface area contributed by atoms with Crippen LogP contribution in [0.25, 0.3) is 0 Å². The molecule has 0 amide bonds. The van der Waals surface area contributed by atoms with Gasteiger partial charge in [-0.3, -0.25) is 18.6 Å². The van der Waals surface area contributed by atoms with Crippen LogP contribution in [0.1, 0.15) is 194 Å². The summed E-state index contributed by atoms with van der Waals surface area (Å²) >= 11 is 0. The summed E-state index contributed by atoms with van der Waals surface area (Å²) in [4.78, 5) is 34.9. The Labute approximate surface area is 335 Å². The Hall–Kier alpha value is -1.81. The highest BCUT2D eigenvalue weighted by Gasteiger charge is 2.27. The minimum Gasteiger partial charge on any atom is -0.462 e. The fourth-order valence-corrected chi connectivity index (χ4v) is 6.65. The normalized spacial score (nSPS) is 14.2. The van der Waals surface area contributed by atoms with E-state index in [-0.39, 0.29) is 19.4 Å². The molecule has 0 bridgehead atoms. The fraction of sp³-hybridized carbons (Fsp3) is 0.818. The number of rotatable bonds is 41. The summed E-state index contributed by atoms with van der Waals surface area (Å²) in [7, 11) is -4.63. The van der Waals surface area contributed by atoms with Crippen molar-refractivity contribution in [3.05, 3.63) is 36.5 Å². The molecule has 322 valence electrons. The molecule has 0 aromatic heterocycles. The number of allylic oxidation sites excluding steroid dienone is 6. The van der Waals surface area contributed by atoms with Gasteiger partial charge in [0.15, 0.2) is 6.10 Å². The van der Waals surface area contributed by atoms with Gasteiger partial charge in [0.1, 0.15) is 12.7 Å². The molecule has 0 saturated heterocycles. The standard InChI is InChI=1S/C44H81O10P/c1-3-5-7-9-11-13-15-17-19-20-22-23-25-27-29-31-33-35-43(47)51-39-42(40-53-55(49,50)52-38-41(46)37-45)54-44(48)36-34-32-30-28-26-24-21-18-16-14-12-10-8-6-4-2/h11,13,17,19,30,32,41-42,45-46H,3-10,12,14-16,18,20-29,31,33-40H2,1-2H3,(H,49,50)/b13-11+,19-17+,32-30+/t41-,42+/m0/s1. The SMILES string of the molecule is CCCCC/C=C/C/C=C/CCCCCCCCCC(=O)OC[C@H](COP(=O)(O)OC[C@@H](O)CO)OC(=O)CC/C=C/CCCCCCCCCCCCC. The molecule has 0 aliphatic heterocycles. The van der Waals surface area contributed by atoms with E-state index in [1.807, 2.05) is 6.08 Å². The van der Waals surface area contributed by atoms with Crippen LogP contribution in [0, 0.1) is 0 Å². The van der Waals surface area contributed by atoms with E-state index in [1.54, 1.807) is 0 Å². The third-order valence-electron chi connectivity index (χ3n) is 9.28. The number of carbonyl (C=O) groups is 2. The van der Waals surface area contributed by atoms with Crippen LogP contribution in [0.15, 0.2) is 36.5 Å². The van der Waals surface area contributed by atoms with Gasteiger partial charge >= 0.3 is 19.8 Å². The lowest BCUT2D eigenvalue weighted by molar-refractivity contribution is -0.161. The summed E-state index contributed by atoms with van der Waals surface area (Å²) in [5, 5.41) is 18.3. The van der Waals surface area contributed by atoms with Crippen molar-refractivity contribution < 1.29 is 47.8 Å². The Kier molecular flexibility index (Phi) is 39.1. The first-order valence-corrected chi connectivity index (χ1v) is 23.4. The molecule has 0 aromatic rings. The average Bonchev–Trinajstić information content (AvgIpc) is 3.17. The number of hydrogen-bond acceptors (Lipinski definition) is 9. The average molecular weight is 801 g/mol. The zero-order chi connectivity index (χ0) is 40.5. The smallest absolute Gasteiger partial charge is 0.462 e. The van der Waals surface area contributed by atoms with Gasteiger partial charge in [-0.1, -0.05) is 159 Å². The zero-order valence-electron chi connectivity index (χ0n) is 34.9. The Balaban J connectivity index is 4.33. The third kappa shape index (κ3) is 40.2. The molecule has 0 radical (unpaired) electrons. The van der Waals surface area contributed by atoms with Crippen molar-refractivity contribution >= 4 is 19.8 Å². The number of aliphatic hydroxyl groups excluding tert-OH is 2. The van der Waals surface area contributed by atoms with Gasteiger partial charge in [-0.15, -0.1) is 0 Å². The Morgan fingerprint density at radius 2 is 0.982 bits per heavy atom. The first kappa shape index (κ1) is 53.2. The van der Waals surface area contributed by atoms with Crippen molar-refractivity contribution in [1.82, 2.24) is 0 Å². The van der Waals surface area contributed by atoms with Crippen molar-refractivity contribution in [2.45, 2.75) is 206 Å². The molecular formula is C44H81O10P. The van der Waals surface area contributed by atoms with Crippen LogP contribution in [0.4, 0.5) is 0 Å². The minimum atomic E-state index is -4.63. The lowest BCUT2D eigenvalue weighted by Crippen LogP contribution is -2.29. The van der Waals surface area contributed by atoms with E-state index >= 15 is 0 Å². The van der Waals surface area contributed by atoms with Gasteiger partial charge in [-0.2, -0.15) is 0 Å². The molecular weight excluding hydrogens is 719 g/mol. The number of phosphoric ester groups is 1. The number of ether oxygens (including phenoxy) is 2. The molecule has 0 fully saturated rings. The van der Waals surface area contributed by atoms with Crippen molar-refractivity contribution in [2.24, 2.45) is 0 Å². The van der Waals surface area contributed by atoms with Gasteiger partial charge in [-0.25, -0.2) is 4.57 Å². The molecule has 0 spiro atoms. The molecule has 3 atom stereocenters. The second-order valence-electron chi connectivity index (χ2n) is 14.7. The van der Waals surface area contributed by atoms with Gasteiger partial charge < -0.3 is 24.6 Å². The summed E-state index contributed by atoms with van der Waals surface area (Å²) < 4.78 is 32.7. The summed E-state index contributed by atoms with van der Waals surface area (Å²) in [6.07, 6.45) is 41.2. The fourth-order valence-electron chi connectivity index (χ4n) is 5.86. The van der Waals surface area contributed by atoms with E-state index in [1.165, 1.54) is 109 Å². The van der Waals surface area contributed by atoms with E-state index in [2.05, 4.69) is 48.8 Å². The summed E-state index contributed by atoms with van der Waals surface area (Å²) in [5.41, 5.74) is 0. The highest BCUT2D eigenvalue weighted by molar-refractivity contribution is 7.47. The number of carbonyl (C=O) groups excluding carboxylic acids is 2. The number of hydrogen-bond donors (Lipinski definition) is 3. The lowest BCUT2D eigenvalue weighted by atomic mass is 10.1. The van der Waals surface area contributed by atoms with Crippen LogP contribution < -0.4 is 0 Å².